The molecule has 368 valence electrons. The van der Waals surface area contributed by atoms with E-state index >= 15 is 0 Å². The van der Waals surface area contributed by atoms with Crippen molar-refractivity contribution < 1.29 is 58.2 Å². The Morgan fingerprint density at radius 1 is 0.667 bits per heavy atom. The van der Waals surface area contributed by atoms with E-state index in [4.69, 9.17) is 10.8 Å². The Labute approximate surface area is 387 Å². The van der Waals surface area contributed by atoms with Crippen molar-refractivity contribution in [2.75, 3.05) is 0 Å². The van der Waals surface area contributed by atoms with Crippen LogP contribution < -0.4 is 37.6 Å². The van der Waals surface area contributed by atoms with Gasteiger partial charge in [0, 0.05) is 19.3 Å². The van der Waals surface area contributed by atoms with Gasteiger partial charge >= 0.3 is 11.9 Å². The molecule has 2 rings (SSSR count). The first-order valence-electron chi connectivity index (χ1n) is 23.1. The minimum atomic E-state index is -1.51. The second-order valence-electron chi connectivity index (χ2n) is 18.9. The first kappa shape index (κ1) is 56.2. The Balaban J connectivity index is 2.49. The van der Waals surface area contributed by atoms with E-state index in [1.54, 1.807) is 52.0 Å². The van der Waals surface area contributed by atoms with Gasteiger partial charge in [0.15, 0.2) is 0 Å². The molecule has 1 aromatic rings. The van der Waals surface area contributed by atoms with E-state index in [1.165, 1.54) is 0 Å². The molecule has 1 aliphatic rings. The van der Waals surface area contributed by atoms with Crippen molar-refractivity contribution in [3.63, 3.8) is 0 Å². The minimum absolute atomic E-state index is 0.0551. The second kappa shape index (κ2) is 27.6. The van der Waals surface area contributed by atoms with Crippen molar-refractivity contribution in [3.05, 3.63) is 35.4 Å². The number of nitrogens with two attached hydrogens (primary N) is 1. The van der Waals surface area contributed by atoms with Crippen LogP contribution in [0, 0.1) is 24.2 Å². The minimum Gasteiger partial charge on any atom is -0.481 e. The zero-order chi connectivity index (χ0) is 49.7. The Morgan fingerprint density at radius 3 is 1.77 bits per heavy atom. The van der Waals surface area contributed by atoms with Gasteiger partial charge in [-0.05, 0) is 61.0 Å². The number of aryl methyl sites for hydroxylation is 1. The van der Waals surface area contributed by atoms with Gasteiger partial charge in [-0.25, -0.2) is 0 Å². The third kappa shape index (κ3) is 20.1. The molecule has 0 bridgehead atoms. The summed E-state index contributed by atoms with van der Waals surface area (Å²) >= 11 is 0. The summed E-state index contributed by atoms with van der Waals surface area (Å²) in [7, 11) is 0. The molecule has 10 N–H and O–H groups in total. The number of ketones is 1. The number of unbranched alkanes of at least 4 members (excludes halogenated alkanes) is 1. The quantitative estimate of drug-likeness (QED) is 0.0548. The number of carbonyl (C=O) groups is 10. The zero-order valence-corrected chi connectivity index (χ0v) is 39.6. The van der Waals surface area contributed by atoms with Crippen LogP contribution in [0.4, 0.5) is 0 Å². The normalized spacial score (nSPS) is 15.7. The molecule has 1 aliphatic carbocycles. The van der Waals surface area contributed by atoms with Crippen molar-refractivity contribution in [2.45, 2.75) is 181 Å². The van der Waals surface area contributed by atoms with Crippen molar-refractivity contribution in [1.82, 2.24) is 31.9 Å². The van der Waals surface area contributed by atoms with E-state index in [-0.39, 0.29) is 43.9 Å². The largest absolute Gasteiger partial charge is 0.481 e. The average Bonchev–Trinajstić information content (AvgIpc) is 3.23. The first-order chi connectivity index (χ1) is 30.9. The maximum atomic E-state index is 14.5. The molecule has 0 aliphatic heterocycles. The Kier molecular flexibility index (Phi) is 23.5. The lowest BCUT2D eigenvalue weighted by molar-refractivity contribution is -0.140. The molecule has 19 nitrogen and oxygen atoms in total. The number of nitrogens with one attached hydrogen (secondary N) is 6. The van der Waals surface area contributed by atoms with Crippen LogP contribution >= 0.6 is 0 Å². The van der Waals surface area contributed by atoms with Gasteiger partial charge in [0.25, 0.3) is 5.91 Å². The average molecular weight is 928 g/mol. The number of benzene rings is 1. The van der Waals surface area contributed by atoms with Gasteiger partial charge in [0.05, 0.1) is 12.5 Å². The number of primary amides is 1. The van der Waals surface area contributed by atoms with Crippen LogP contribution in [-0.2, 0) is 54.4 Å². The van der Waals surface area contributed by atoms with Crippen LogP contribution in [0.3, 0.4) is 0 Å². The van der Waals surface area contributed by atoms with Crippen molar-refractivity contribution in [3.8, 4) is 0 Å². The SMILES string of the molecule is CCCCC(NC(=O)[C@H](CC(C)C)NC(=O)[C@@H](NC(=O)[C@H](Cc1ccccc1C)NC(=O)[C@H](CCC(=O)O)NC(=O)[C@H](CC1CCCCC1)NC(=O)CCC(=O)O)C(C)(C)C)C(=O)C(N)=O. The molecule has 19 heteroatoms. The summed E-state index contributed by atoms with van der Waals surface area (Å²) in [6, 6.07) is -0.738. The zero-order valence-electron chi connectivity index (χ0n) is 39.6. The number of carbonyl (C=O) groups excluding carboxylic acids is 8. The van der Waals surface area contributed by atoms with E-state index in [0.717, 1.165) is 37.7 Å². The standard InChI is InChI=1S/C47H73N7O12/c1-8-9-19-31(39(60)41(48)61)50-43(63)33(24-27(2)3)53-46(66)40(47(5,6)7)54-45(65)35(26-30-18-14-13-15-28(30)4)52-42(62)32(20-22-37(56)57)51-44(64)34(25-29-16-11-10-12-17-29)49-36(55)21-23-38(58)59/h13-15,18,27,29,31-35,40H,8-12,16-17,19-26H2,1-7H3,(H2,48,61)(H,49,55)(H,50,63)(H,51,64)(H,52,62)(H,53,66)(H,54,65)(H,56,57)(H,58,59)/t31?,32-,33-,34-,35-,40+/m0/s1. The number of amides is 7. The molecule has 0 saturated heterocycles. The summed E-state index contributed by atoms with van der Waals surface area (Å²) in [5, 5.41) is 34.6. The highest BCUT2D eigenvalue weighted by Gasteiger charge is 2.39. The molecule has 1 saturated carbocycles. The molecular formula is C47H73N7O12. The molecule has 0 spiro atoms. The van der Waals surface area contributed by atoms with Crippen molar-refractivity contribution >= 4 is 59.1 Å². The second-order valence-corrected chi connectivity index (χ2v) is 18.9. The molecule has 0 radical (unpaired) electrons. The van der Waals surface area contributed by atoms with Gasteiger partial charge in [-0.2, -0.15) is 0 Å². The molecular weight excluding hydrogens is 855 g/mol. The summed E-state index contributed by atoms with van der Waals surface area (Å²) in [4.78, 5) is 131. The number of aliphatic carboxylic acids is 2. The third-order valence-corrected chi connectivity index (χ3v) is 11.6. The van der Waals surface area contributed by atoms with Gasteiger partial charge in [-0.3, -0.25) is 47.9 Å². The molecule has 1 aromatic carbocycles. The smallest absolute Gasteiger partial charge is 0.303 e. The Morgan fingerprint density at radius 2 is 1.21 bits per heavy atom. The summed E-state index contributed by atoms with van der Waals surface area (Å²) in [5.41, 5.74) is 5.68. The predicted molar refractivity (Wildman–Crippen MR) is 244 cm³/mol. The number of carboxylic acids is 2. The molecule has 1 unspecified atom stereocenters. The van der Waals surface area contributed by atoms with Crippen LogP contribution in [0.25, 0.3) is 0 Å². The lowest BCUT2D eigenvalue weighted by atomic mass is 9.84. The fourth-order valence-electron chi connectivity index (χ4n) is 7.82. The van der Waals surface area contributed by atoms with E-state index in [9.17, 15) is 53.1 Å². The van der Waals surface area contributed by atoms with Crippen molar-refractivity contribution in [2.24, 2.45) is 23.0 Å². The fourth-order valence-corrected chi connectivity index (χ4v) is 7.82. The summed E-state index contributed by atoms with van der Waals surface area (Å²) in [5.74, 6) is -9.42. The third-order valence-electron chi connectivity index (χ3n) is 11.6. The molecule has 7 amide bonds. The fraction of sp³-hybridized carbons (Fsp3) is 0.660. The Hall–Kier alpha value is -5.88. The van der Waals surface area contributed by atoms with Gasteiger partial charge in [0.1, 0.15) is 30.2 Å². The lowest BCUT2D eigenvalue weighted by Crippen LogP contribution is -2.62. The number of carboxylic acid groups (broad SMARTS) is 2. The highest BCUT2D eigenvalue weighted by atomic mass is 16.4. The molecule has 0 aromatic heterocycles. The van der Waals surface area contributed by atoms with Gasteiger partial charge < -0.3 is 47.8 Å². The maximum Gasteiger partial charge on any atom is 0.303 e. The monoisotopic (exact) mass is 928 g/mol. The summed E-state index contributed by atoms with van der Waals surface area (Å²) in [6.07, 6.45) is 4.19. The highest BCUT2D eigenvalue weighted by molar-refractivity contribution is 6.37. The topological polar surface area (TPSA) is 309 Å². The predicted octanol–water partition coefficient (Wildman–Crippen LogP) is 2.48. The summed E-state index contributed by atoms with van der Waals surface area (Å²) < 4.78 is 0. The van der Waals surface area contributed by atoms with Gasteiger partial charge in [-0.1, -0.05) is 111 Å². The van der Waals surface area contributed by atoms with E-state index in [1.807, 2.05) is 20.8 Å². The van der Waals surface area contributed by atoms with Gasteiger partial charge in [-0.15, -0.1) is 0 Å². The highest BCUT2D eigenvalue weighted by Crippen LogP contribution is 2.28. The molecule has 0 heterocycles. The lowest BCUT2D eigenvalue weighted by Gasteiger charge is -2.34. The van der Waals surface area contributed by atoms with E-state index in [2.05, 4.69) is 31.9 Å². The van der Waals surface area contributed by atoms with Gasteiger partial charge in [0.2, 0.25) is 41.2 Å². The number of Topliss-reactive ketones (excluding diaryl/α,β-unsaturated/α-hetero) is 1. The molecule has 66 heavy (non-hydrogen) atoms. The number of hydrogen-bond acceptors (Lipinski definition) is 10. The number of rotatable bonds is 28. The summed E-state index contributed by atoms with van der Waals surface area (Å²) in [6.45, 7) is 12.3. The van der Waals surface area contributed by atoms with Crippen LogP contribution in [-0.4, -0.2) is 106 Å². The first-order valence-corrected chi connectivity index (χ1v) is 23.1. The van der Waals surface area contributed by atoms with Crippen LogP contribution in [0.1, 0.15) is 143 Å². The van der Waals surface area contributed by atoms with E-state index in [0.29, 0.717) is 18.4 Å². The molecule has 6 atom stereocenters. The van der Waals surface area contributed by atoms with E-state index < -0.39 is 120 Å². The van der Waals surface area contributed by atoms with Crippen LogP contribution in [0.5, 0.6) is 0 Å². The molecule has 1 fully saturated rings. The van der Waals surface area contributed by atoms with Crippen LogP contribution in [0.2, 0.25) is 0 Å². The maximum absolute atomic E-state index is 14.5. The van der Waals surface area contributed by atoms with Crippen molar-refractivity contribution in [1.29, 1.82) is 0 Å². The van der Waals surface area contributed by atoms with Crippen LogP contribution in [0.15, 0.2) is 24.3 Å². The number of hydrogen-bond donors (Lipinski definition) is 9. The Bertz CT molecular complexity index is 1870.